The second-order valence-electron chi connectivity index (χ2n) is 3.26. The molecule has 0 fully saturated rings. The van der Waals surface area contributed by atoms with Crippen molar-refractivity contribution in [2.45, 2.75) is 26.7 Å². The van der Waals surface area contributed by atoms with Gasteiger partial charge < -0.3 is 0 Å². The molecule has 2 aromatic rings. The van der Waals surface area contributed by atoms with E-state index < -0.39 is 0 Å². The number of aryl methyl sites for hydroxylation is 2. The Hall–Kier alpha value is -0.600. The van der Waals surface area contributed by atoms with Crippen molar-refractivity contribution in [3.63, 3.8) is 0 Å². The van der Waals surface area contributed by atoms with Crippen molar-refractivity contribution >= 4 is 22.7 Å². The fraction of sp³-hybridized carbons (Fsp3) is 0.333. The topological polar surface area (TPSA) is 0 Å². The molecular weight excluding hydrogens is 208 g/mol. The lowest BCUT2D eigenvalue weighted by Crippen LogP contribution is -1.82. The Morgan fingerprint density at radius 2 is 1.29 bits per heavy atom. The molecular formula is C12H14S2. The van der Waals surface area contributed by atoms with E-state index in [-0.39, 0.29) is 0 Å². The summed E-state index contributed by atoms with van der Waals surface area (Å²) in [5.41, 5.74) is 2.99. The fourth-order valence-electron chi connectivity index (χ4n) is 1.63. The van der Waals surface area contributed by atoms with E-state index in [0.717, 1.165) is 12.8 Å². The minimum absolute atomic E-state index is 1.14. The Morgan fingerprint density at radius 1 is 0.857 bits per heavy atom. The molecule has 0 bridgehead atoms. The van der Waals surface area contributed by atoms with Crippen molar-refractivity contribution in [3.8, 4) is 9.75 Å². The molecule has 0 amide bonds. The second-order valence-corrected chi connectivity index (χ2v) is 5.09. The molecule has 0 radical (unpaired) electrons. The van der Waals surface area contributed by atoms with Crippen LogP contribution in [0.25, 0.3) is 9.75 Å². The van der Waals surface area contributed by atoms with Gasteiger partial charge in [0.05, 0.1) is 0 Å². The largest absolute Gasteiger partial charge is 0.143 e. The van der Waals surface area contributed by atoms with E-state index in [9.17, 15) is 0 Å². The summed E-state index contributed by atoms with van der Waals surface area (Å²) in [4.78, 5) is 2.97. The van der Waals surface area contributed by atoms with Crippen LogP contribution in [0.5, 0.6) is 0 Å². The first kappa shape index (κ1) is 9.94. The van der Waals surface area contributed by atoms with Gasteiger partial charge in [0.25, 0.3) is 0 Å². The third kappa shape index (κ3) is 1.64. The molecule has 0 spiro atoms. The zero-order valence-electron chi connectivity index (χ0n) is 8.54. The predicted octanol–water partition coefficient (Wildman–Crippen LogP) is 4.60. The van der Waals surface area contributed by atoms with Crippen molar-refractivity contribution in [1.29, 1.82) is 0 Å². The molecule has 0 aliphatic carbocycles. The highest BCUT2D eigenvalue weighted by molar-refractivity contribution is 7.20. The number of rotatable bonds is 3. The molecule has 0 unspecified atom stereocenters. The van der Waals surface area contributed by atoms with Crippen LogP contribution in [-0.4, -0.2) is 0 Å². The van der Waals surface area contributed by atoms with Crippen LogP contribution in [0.4, 0.5) is 0 Å². The molecule has 0 N–H and O–H groups in total. The molecule has 2 aromatic heterocycles. The summed E-state index contributed by atoms with van der Waals surface area (Å²) < 4.78 is 0. The minimum Gasteiger partial charge on any atom is -0.143 e. The van der Waals surface area contributed by atoms with Crippen molar-refractivity contribution in [1.82, 2.24) is 0 Å². The second kappa shape index (κ2) is 4.28. The Morgan fingerprint density at radius 3 is 1.64 bits per heavy atom. The van der Waals surface area contributed by atoms with Crippen LogP contribution in [0.2, 0.25) is 0 Å². The quantitative estimate of drug-likeness (QED) is 0.712. The maximum atomic E-state index is 2.25. The molecule has 0 aliphatic rings. The highest BCUT2D eigenvalue weighted by Gasteiger charge is 2.10. The van der Waals surface area contributed by atoms with Gasteiger partial charge in [-0.25, -0.2) is 0 Å². The average molecular weight is 222 g/mol. The van der Waals surface area contributed by atoms with Crippen molar-refractivity contribution in [2.24, 2.45) is 0 Å². The molecule has 14 heavy (non-hydrogen) atoms. The minimum atomic E-state index is 1.14. The van der Waals surface area contributed by atoms with Crippen LogP contribution in [-0.2, 0) is 12.8 Å². The molecule has 0 aliphatic heterocycles. The standard InChI is InChI=1S/C12H14S2/c1-3-9-5-7-13-11(9)12-10(4-2)6-8-14-12/h5-8H,3-4H2,1-2H3. The summed E-state index contributed by atoms with van der Waals surface area (Å²) in [6, 6.07) is 4.50. The average Bonchev–Trinajstić information content (AvgIpc) is 2.85. The van der Waals surface area contributed by atoms with Gasteiger partial charge in [-0.05, 0) is 46.9 Å². The lowest BCUT2D eigenvalue weighted by molar-refractivity contribution is 1.14. The van der Waals surface area contributed by atoms with Gasteiger partial charge in [-0.15, -0.1) is 22.7 Å². The van der Waals surface area contributed by atoms with Gasteiger partial charge in [0.1, 0.15) is 0 Å². The summed E-state index contributed by atoms with van der Waals surface area (Å²) in [7, 11) is 0. The molecule has 2 rings (SSSR count). The van der Waals surface area contributed by atoms with Crippen molar-refractivity contribution < 1.29 is 0 Å². The van der Waals surface area contributed by atoms with E-state index in [0.29, 0.717) is 0 Å². The van der Waals surface area contributed by atoms with Crippen molar-refractivity contribution in [3.05, 3.63) is 34.0 Å². The molecule has 0 aromatic carbocycles. The van der Waals surface area contributed by atoms with Crippen LogP contribution >= 0.6 is 22.7 Å². The summed E-state index contributed by atoms with van der Waals surface area (Å²) in [5, 5.41) is 4.40. The highest BCUT2D eigenvalue weighted by Crippen LogP contribution is 2.36. The molecule has 74 valence electrons. The Balaban J connectivity index is 2.48. The molecule has 2 heteroatoms. The van der Waals surface area contributed by atoms with E-state index in [4.69, 9.17) is 0 Å². The van der Waals surface area contributed by atoms with Crippen LogP contribution in [0.1, 0.15) is 25.0 Å². The van der Waals surface area contributed by atoms with Crippen LogP contribution in [0.15, 0.2) is 22.9 Å². The van der Waals surface area contributed by atoms with Crippen LogP contribution in [0.3, 0.4) is 0 Å². The van der Waals surface area contributed by atoms with Crippen LogP contribution in [0, 0.1) is 0 Å². The van der Waals surface area contributed by atoms with Gasteiger partial charge in [-0.3, -0.25) is 0 Å². The van der Waals surface area contributed by atoms with E-state index in [2.05, 4.69) is 36.7 Å². The maximum Gasteiger partial charge on any atom is 0.0477 e. The summed E-state index contributed by atoms with van der Waals surface area (Å²) in [6.07, 6.45) is 2.28. The maximum absolute atomic E-state index is 2.25. The molecule has 0 saturated heterocycles. The summed E-state index contributed by atoms with van der Waals surface area (Å²) in [5.74, 6) is 0. The number of thiophene rings is 2. The zero-order valence-corrected chi connectivity index (χ0v) is 10.2. The smallest absolute Gasteiger partial charge is 0.0477 e. The Labute approximate surface area is 93.2 Å². The van der Waals surface area contributed by atoms with E-state index in [1.54, 1.807) is 0 Å². The van der Waals surface area contributed by atoms with Crippen molar-refractivity contribution in [2.75, 3.05) is 0 Å². The first-order chi connectivity index (χ1) is 6.86. The Kier molecular flexibility index (Phi) is 3.04. The third-order valence-corrected chi connectivity index (χ3v) is 4.54. The molecule has 0 atom stereocenters. The normalized spacial score (nSPS) is 10.7. The number of hydrogen-bond donors (Lipinski definition) is 0. The predicted molar refractivity (Wildman–Crippen MR) is 66.4 cm³/mol. The SMILES string of the molecule is CCc1ccsc1-c1sccc1CC. The van der Waals surface area contributed by atoms with E-state index in [1.807, 2.05) is 22.7 Å². The van der Waals surface area contributed by atoms with Gasteiger partial charge in [0, 0.05) is 9.75 Å². The highest BCUT2D eigenvalue weighted by atomic mass is 32.1. The third-order valence-electron chi connectivity index (χ3n) is 2.46. The summed E-state index contributed by atoms with van der Waals surface area (Å²) in [6.45, 7) is 4.45. The molecule has 2 heterocycles. The summed E-state index contributed by atoms with van der Waals surface area (Å²) >= 11 is 3.74. The van der Waals surface area contributed by atoms with Gasteiger partial charge in [0.15, 0.2) is 0 Å². The number of hydrogen-bond acceptors (Lipinski definition) is 2. The molecule has 0 nitrogen and oxygen atoms in total. The van der Waals surface area contributed by atoms with Gasteiger partial charge in [0.2, 0.25) is 0 Å². The van der Waals surface area contributed by atoms with E-state index in [1.165, 1.54) is 20.9 Å². The van der Waals surface area contributed by atoms with Gasteiger partial charge in [-0.1, -0.05) is 13.8 Å². The first-order valence-corrected chi connectivity index (χ1v) is 6.75. The van der Waals surface area contributed by atoms with E-state index >= 15 is 0 Å². The lowest BCUT2D eigenvalue weighted by Gasteiger charge is -2.01. The fourth-order valence-corrected chi connectivity index (χ4v) is 3.86. The van der Waals surface area contributed by atoms with Gasteiger partial charge in [-0.2, -0.15) is 0 Å². The zero-order chi connectivity index (χ0) is 9.97. The molecule has 0 saturated carbocycles. The van der Waals surface area contributed by atoms with Crippen LogP contribution < -0.4 is 0 Å². The monoisotopic (exact) mass is 222 g/mol. The van der Waals surface area contributed by atoms with Gasteiger partial charge >= 0.3 is 0 Å². The lowest BCUT2D eigenvalue weighted by atomic mass is 10.1. The Bertz CT molecular complexity index is 369. The first-order valence-electron chi connectivity index (χ1n) is 4.99.